The predicted octanol–water partition coefficient (Wildman–Crippen LogP) is 1.41. The van der Waals surface area contributed by atoms with Gasteiger partial charge in [-0.3, -0.25) is 0 Å². The minimum absolute atomic E-state index is 0.233. The molecule has 1 aliphatic rings. The van der Waals surface area contributed by atoms with E-state index in [1.54, 1.807) is 31.2 Å². The minimum atomic E-state index is -3.45. The molecule has 2 rings (SSSR count). The molecule has 1 aromatic rings. The van der Waals surface area contributed by atoms with Crippen LogP contribution in [0.25, 0.3) is 0 Å². The second-order valence-corrected chi connectivity index (χ2v) is 5.31. The highest BCUT2D eigenvalue weighted by Crippen LogP contribution is 2.29. The first kappa shape index (κ1) is 10.4. The number of anilines is 1. The van der Waals surface area contributed by atoms with Crippen LogP contribution in [0.4, 0.5) is 5.69 Å². The third-order valence-electron chi connectivity index (χ3n) is 2.21. The Morgan fingerprint density at radius 3 is 2.73 bits per heavy atom. The van der Waals surface area contributed by atoms with Crippen LogP contribution in [-0.4, -0.2) is 24.4 Å². The minimum Gasteiger partial charge on any atom is -0.331 e. The maximum atomic E-state index is 12.0. The van der Waals surface area contributed by atoms with Gasteiger partial charge in [0.25, 0.3) is 10.0 Å². The smallest absolute Gasteiger partial charge is 0.268 e. The van der Waals surface area contributed by atoms with E-state index in [0.717, 1.165) is 0 Å². The summed E-state index contributed by atoms with van der Waals surface area (Å²) in [5, 5.41) is 3.13. The van der Waals surface area contributed by atoms with Crippen molar-refractivity contribution in [1.82, 2.24) is 4.31 Å². The first-order chi connectivity index (χ1) is 7.07. The van der Waals surface area contributed by atoms with Crippen LogP contribution in [0.15, 0.2) is 29.2 Å². The largest absolute Gasteiger partial charge is 0.331 e. The lowest BCUT2D eigenvalue weighted by Gasteiger charge is -2.29. The van der Waals surface area contributed by atoms with Crippen LogP contribution in [0, 0.1) is 0 Å². The maximum Gasteiger partial charge on any atom is 0.268 e. The molecule has 0 bridgehead atoms. The van der Waals surface area contributed by atoms with Gasteiger partial charge in [0, 0.05) is 6.54 Å². The Hall–Kier alpha value is -1.14. The molecule has 80 valence electrons. The van der Waals surface area contributed by atoms with E-state index < -0.39 is 10.0 Å². The summed E-state index contributed by atoms with van der Waals surface area (Å²) in [5.74, 6) is 0. The fourth-order valence-electron chi connectivity index (χ4n) is 1.51. The van der Waals surface area contributed by atoms with Gasteiger partial charge in [-0.25, -0.2) is 12.7 Å². The van der Waals surface area contributed by atoms with Gasteiger partial charge in [0.05, 0.1) is 5.69 Å². The van der Waals surface area contributed by atoms with Crippen molar-refractivity contribution in [3.63, 3.8) is 0 Å². The number of nitrogens with one attached hydrogen (secondary N) is 1. The second-order valence-electron chi connectivity index (χ2n) is 3.10. The van der Waals surface area contributed by atoms with Gasteiger partial charge in [-0.2, -0.15) is 0 Å². The van der Waals surface area contributed by atoms with E-state index >= 15 is 0 Å². The summed E-state index contributed by atoms with van der Waals surface area (Å²) < 4.78 is 25.3. The van der Waals surface area contributed by atoms with Crippen molar-refractivity contribution in [2.45, 2.75) is 11.8 Å². The Bertz CT molecular complexity index is 511. The fourth-order valence-corrected chi connectivity index (χ4v) is 3.54. The molecule has 1 aromatic carbocycles. The van der Waals surface area contributed by atoms with Crippen LogP contribution in [0.2, 0.25) is 0 Å². The number of fused-ring (bicyclic) bond motifs is 1. The van der Waals surface area contributed by atoms with Gasteiger partial charge in [0.2, 0.25) is 0 Å². The summed E-state index contributed by atoms with van der Waals surface area (Å²) in [6.45, 7) is 2.09. The van der Waals surface area contributed by atoms with Crippen molar-refractivity contribution in [3.8, 4) is 0 Å². The lowest BCUT2D eigenvalue weighted by Crippen LogP contribution is -2.43. The highest BCUT2D eigenvalue weighted by molar-refractivity contribution is 7.92. The third-order valence-corrected chi connectivity index (χ3v) is 4.58. The van der Waals surface area contributed by atoms with Crippen molar-refractivity contribution in [1.29, 1.82) is 0 Å². The molecule has 0 spiro atoms. The molecule has 0 fully saturated rings. The number of hydrogen-bond donors (Lipinski definition) is 1. The quantitative estimate of drug-likeness (QED) is 0.756. The van der Waals surface area contributed by atoms with E-state index in [4.69, 9.17) is 12.2 Å². The Kier molecular flexibility index (Phi) is 2.40. The average Bonchev–Trinajstić information content (AvgIpc) is 2.17. The lowest BCUT2D eigenvalue weighted by atomic mass is 10.3. The molecular formula is C9H10N2O2S2. The van der Waals surface area contributed by atoms with Crippen LogP contribution in [0.3, 0.4) is 0 Å². The van der Waals surface area contributed by atoms with Gasteiger partial charge < -0.3 is 5.32 Å². The van der Waals surface area contributed by atoms with Crippen molar-refractivity contribution < 1.29 is 8.42 Å². The standard InChI is InChI=1S/C9H10N2O2S2/c1-2-11-9(14)10-7-5-3-4-6-8(7)15(11,12)13/h3-6H,2H2,1H3,(H,10,14). The van der Waals surface area contributed by atoms with Gasteiger partial charge in [-0.1, -0.05) is 12.1 Å². The van der Waals surface area contributed by atoms with E-state index in [9.17, 15) is 8.42 Å². The Balaban J connectivity index is 2.66. The molecule has 15 heavy (non-hydrogen) atoms. The highest BCUT2D eigenvalue weighted by Gasteiger charge is 2.32. The summed E-state index contributed by atoms with van der Waals surface area (Å²) in [5.41, 5.74) is 0.548. The van der Waals surface area contributed by atoms with Gasteiger partial charge >= 0.3 is 0 Å². The molecular weight excluding hydrogens is 232 g/mol. The molecule has 1 N–H and O–H groups in total. The summed E-state index contributed by atoms with van der Waals surface area (Å²) in [6, 6.07) is 6.74. The number of rotatable bonds is 1. The predicted molar refractivity (Wildman–Crippen MR) is 62.2 cm³/mol. The van der Waals surface area contributed by atoms with E-state index in [2.05, 4.69) is 5.32 Å². The summed E-state index contributed by atoms with van der Waals surface area (Å²) in [7, 11) is -3.45. The number of hydrogen-bond acceptors (Lipinski definition) is 3. The first-order valence-electron chi connectivity index (χ1n) is 4.50. The van der Waals surface area contributed by atoms with Crippen LogP contribution in [0.5, 0.6) is 0 Å². The molecule has 0 aliphatic carbocycles. The zero-order valence-corrected chi connectivity index (χ0v) is 9.73. The number of para-hydroxylation sites is 1. The number of thiocarbonyl (C=S) groups is 1. The first-order valence-corrected chi connectivity index (χ1v) is 6.35. The molecule has 0 amide bonds. The van der Waals surface area contributed by atoms with Gasteiger partial charge in [0.15, 0.2) is 5.11 Å². The average molecular weight is 242 g/mol. The summed E-state index contributed by atoms with van der Waals surface area (Å²) >= 11 is 4.99. The van der Waals surface area contributed by atoms with Crippen molar-refractivity contribution >= 4 is 33.0 Å². The molecule has 0 atom stereocenters. The summed E-state index contributed by atoms with van der Waals surface area (Å²) in [6.07, 6.45) is 0. The van der Waals surface area contributed by atoms with E-state index in [0.29, 0.717) is 12.2 Å². The second kappa shape index (κ2) is 3.46. The highest BCUT2D eigenvalue weighted by atomic mass is 32.2. The number of nitrogens with zero attached hydrogens (tertiary/aromatic N) is 1. The van der Waals surface area contributed by atoms with Crippen LogP contribution in [0.1, 0.15) is 6.92 Å². The summed E-state index contributed by atoms with van der Waals surface area (Å²) in [4.78, 5) is 0.278. The topological polar surface area (TPSA) is 49.4 Å². The molecule has 6 heteroatoms. The number of benzene rings is 1. The van der Waals surface area contributed by atoms with E-state index in [1.165, 1.54) is 4.31 Å². The SMILES string of the molecule is CCN1C(=S)Nc2ccccc2S1(=O)=O. The molecule has 1 heterocycles. The van der Waals surface area contributed by atoms with Crippen LogP contribution >= 0.6 is 12.2 Å². The van der Waals surface area contributed by atoms with E-state index in [1.807, 2.05) is 0 Å². The van der Waals surface area contributed by atoms with Crippen LogP contribution < -0.4 is 5.32 Å². The third kappa shape index (κ3) is 1.49. The van der Waals surface area contributed by atoms with Crippen molar-refractivity contribution in [2.24, 2.45) is 0 Å². The molecule has 4 nitrogen and oxygen atoms in total. The van der Waals surface area contributed by atoms with E-state index in [-0.39, 0.29) is 10.0 Å². The Morgan fingerprint density at radius 1 is 1.40 bits per heavy atom. The maximum absolute atomic E-state index is 12.0. The van der Waals surface area contributed by atoms with Crippen molar-refractivity contribution in [2.75, 3.05) is 11.9 Å². The lowest BCUT2D eigenvalue weighted by molar-refractivity contribution is 0.531. The van der Waals surface area contributed by atoms with Crippen molar-refractivity contribution in [3.05, 3.63) is 24.3 Å². The fraction of sp³-hybridized carbons (Fsp3) is 0.222. The van der Waals surface area contributed by atoms with Gasteiger partial charge in [-0.15, -0.1) is 0 Å². The van der Waals surface area contributed by atoms with Gasteiger partial charge in [0.1, 0.15) is 4.90 Å². The molecule has 1 aliphatic heterocycles. The normalized spacial score (nSPS) is 18.2. The zero-order chi connectivity index (χ0) is 11.1. The van der Waals surface area contributed by atoms with Crippen LogP contribution in [-0.2, 0) is 10.0 Å². The zero-order valence-electron chi connectivity index (χ0n) is 8.10. The Labute approximate surface area is 93.9 Å². The van der Waals surface area contributed by atoms with Gasteiger partial charge in [-0.05, 0) is 31.3 Å². The molecule has 0 aromatic heterocycles. The molecule has 0 unspecified atom stereocenters. The number of sulfonamides is 1. The molecule has 0 saturated heterocycles. The molecule has 0 saturated carbocycles. The Morgan fingerprint density at radius 2 is 2.07 bits per heavy atom. The monoisotopic (exact) mass is 242 g/mol. The molecule has 0 radical (unpaired) electrons.